The minimum atomic E-state index is -0.559. The summed E-state index contributed by atoms with van der Waals surface area (Å²) in [4.78, 5) is 28.1. The van der Waals surface area contributed by atoms with Crippen molar-refractivity contribution in [3.8, 4) is 17.2 Å². The highest BCUT2D eigenvalue weighted by molar-refractivity contribution is 6.04. The van der Waals surface area contributed by atoms with Crippen LogP contribution in [0, 0.1) is 0 Å². The minimum Gasteiger partial charge on any atom is -0.493 e. The third-order valence-corrected chi connectivity index (χ3v) is 9.19. The van der Waals surface area contributed by atoms with Crippen LogP contribution in [0.15, 0.2) is 95.3 Å². The van der Waals surface area contributed by atoms with Crippen LogP contribution in [0.3, 0.4) is 0 Å². The molecule has 0 aromatic heterocycles. The molecule has 0 amide bonds. The highest BCUT2D eigenvalue weighted by atomic mass is 16.5. The second-order valence-corrected chi connectivity index (χ2v) is 12.1. The van der Waals surface area contributed by atoms with Gasteiger partial charge in [-0.1, -0.05) is 55.0 Å². The van der Waals surface area contributed by atoms with Crippen molar-refractivity contribution in [1.82, 2.24) is 5.32 Å². The van der Waals surface area contributed by atoms with E-state index in [1.807, 2.05) is 79.7 Å². The van der Waals surface area contributed by atoms with Gasteiger partial charge in [-0.3, -0.25) is 4.79 Å². The molecule has 1 N–H and O–H groups in total. The van der Waals surface area contributed by atoms with Crippen LogP contribution in [0.5, 0.6) is 17.2 Å². The first-order valence-electron chi connectivity index (χ1n) is 15.9. The van der Waals surface area contributed by atoms with Gasteiger partial charge in [0, 0.05) is 29.3 Å². The summed E-state index contributed by atoms with van der Waals surface area (Å²) >= 11 is 0. The number of allylic oxidation sites excluding steroid dienone is 3. The fourth-order valence-corrected chi connectivity index (χ4v) is 6.91. The molecule has 1 heterocycles. The number of ketones is 1. The first-order chi connectivity index (χ1) is 21.9. The molecule has 2 atom stereocenters. The first kappa shape index (κ1) is 30.5. The van der Waals surface area contributed by atoms with Crippen LogP contribution < -0.4 is 19.5 Å². The summed E-state index contributed by atoms with van der Waals surface area (Å²) in [7, 11) is 3.22. The topological polar surface area (TPSA) is 83.1 Å². The largest absolute Gasteiger partial charge is 0.493 e. The Kier molecular flexibility index (Phi) is 9.24. The van der Waals surface area contributed by atoms with Crippen LogP contribution >= 0.6 is 0 Å². The van der Waals surface area contributed by atoms with Gasteiger partial charge in [-0.25, -0.2) is 4.79 Å². The Balaban J connectivity index is 1.35. The lowest BCUT2D eigenvalue weighted by Crippen LogP contribution is -2.37. The van der Waals surface area contributed by atoms with Gasteiger partial charge in [0.25, 0.3) is 0 Å². The summed E-state index contributed by atoms with van der Waals surface area (Å²) in [5.41, 5.74) is 5.60. The van der Waals surface area contributed by atoms with Crippen LogP contribution in [0.25, 0.3) is 0 Å². The Morgan fingerprint density at radius 3 is 2.38 bits per heavy atom. The maximum absolute atomic E-state index is 14.2. The highest BCUT2D eigenvalue weighted by Crippen LogP contribution is 2.47. The third kappa shape index (κ3) is 6.63. The van der Waals surface area contributed by atoms with Crippen molar-refractivity contribution in [3.05, 3.63) is 112 Å². The molecule has 45 heavy (non-hydrogen) atoms. The van der Waals surface area contributed by atoms with Gasteiger partial charge in [0.05, 0.1) is 19.8 Å². The number of benzene rings is 3. The Morgan fingerprint density at radius 2 is 1.62 bits per heavy atom. The van der Waals surface area contributed by atoms with Gasteiger partial charge >= 0.3 is 5.97 Å². The molecule has 6 rings (SSSR count). The molecule has 1 aliphatic heterocycles. The number of nitrogens with one attached hydrogen (secondary N) is 1. The second-order valence-electron chi connectivity index (χ2n) is 12.1. The molecule has 2 aliphatic carbocycles. The molecule has 0 bridgehead atoms. The molecule has 0 radical (unpaired) electrons. The van der Waals surface area contributed by atoms with Gasteiger partial charge in [0.15, 0.2) is 17.3 Å². The van der Waals surface area contributed by atoms with Crippen LogP contribution in [0.1, 0.15) is 80.4 Å². The lowest BCUT2D eigenvalue weighted by atomic mass is 9.71. The molecule has 0 saturated heterocycles. The van der Waals surface area contributed by atoms with Crippen molar-refractivity contribution >= 4 is 11.8 Å². The predicted octanol–water partition coefficient (Wildman–Crippen LogP) is 7.52. The SMILES string of the molecule is COc1ccc([C@H]2CC(=O)C3=C(C2)NC(C)=C(C(=O)OC2CCCCC2)[C@@H]3c2cccc(OCc3ccccc3)c2)cc1OC. The van der Waals surface area contributed by atoms with Crippen LogP contribution in [-0.2, 0) is 20.9 Å². The van der Waals surface area contributed by atoms with Gasteiger partial charge in [-0.2, -0.15) is 0 Å². The number of dihydropyridines is 1. The molecule has 0 unspecified atom stereocenters. The summed E-state index contributed by atoms with van der Waals surface area (Å²) in [6.45, 7) is 2.33. The molecular formula is C38H41NO6. The van der Waals surface area contributed by atoms with E-state index in [0.717, 1.165) is 53.8 Å². The van der Waals surface area contributed by atoms with E-state index in [9.17, 15) is 9.59 Å². The number of hydrogen-bond donors (Lipinski definition) is 1. The van der Waals surface area contributed by atoms with E-state index in [1.165, 1.54) is 6.42 Å². The van der Waals surface area contributed by atoms with Crippen molar-refractivity contribution in [1.29, 1.82) is 0 Å². The molecule has 7 nitrogen and oxygen atoms in total. The zero-order valence-corrected chi connectivity index (χ0v) is 26.3. The van der Waals surface area contributed by atoms with Gasteiger partial charge in [0.2, 0.25) is 0 Å². The summed E-state index contributed by atoms with van der Waals surface area (Å²) in [6, 6.07) is 23.6. The number of hydrogen-bond acceptors (Lipinski definition) is 7. The van der Waals surface area contributed by atoms with Gasteiger partial charge in [0.1, 0.15) is 18.5 Å². The summed E-state index contributed by atoms with van der Waals surface area (Å²) < 4.78 is 23.3. The zero-order chi connectivity index (χ0) is 31.3. The molecule has 234 valence electrons. The fourth-order valence-electron chi connectivity index (χ4n) is 6.91. The number of esters is 1. The normalized spacial score (nSPS) is 20.3. The molecule has 7 heteroatoms. The van der Waals surface area contributed by atoms with E-state index >= 15 is 0 Å². The average molecular weight is 608 g/mol. The average Bonchev–Trinajstić information content (AvgIpc) is 3.07. The van der Waals surface area contributed by atoms with E-state index in [1.54, 1.807) is 14.2 Å². The smallest absolute Gasteiger partial charge is 0.337 e. The molecule has 3 aromatic rings. The lowest BCUT2D eigenvalue weighted by Gasteiger charge is -2.37. The van der Waals surface area contributed by atoms with Gasteiger partial charge in [-0.15, -0.1) is 0 Å². The monoisotopic (exact) mass is 607 g/mol. The predicted molar refractivity (Wildman–Crippen MR) is 172 cm³/mol. The number of carbonyl (C=O) groups is 2. The van der Waals surface area contributed by atoms with Gasteiger partial charge in [-0.05, 0) is 85.9 Å². The summed E-state index contributed by atoms with van der Waals surface area (Å²) in [6.07, 6.45) is 5.88. The number of Topliss-reactive ketones (excluding diaryl/α,β-unsaturated/α-hetero) is 1. The standard InChI is InChI=1S/C38H41NO6/c1-24-35(38(41)45-29-14-8-5-9-15-29)36(27-13-10-16-30(19-27)44-23-25-11-6-4-7-12-25)37-31(39-24)20-28(21-32(37)40)26-17-18-33(42-2)34(22-26)43-3/h4,6-7,10-13,16-19,22,28-29,36,39H,5,8-9,14-15,20-21,23H2,1-3H3/t28-,36+/m1/s1. The zero-order valence-electron chi connectivity index (χ0n) is 26.3. The van der Waals surface area contributed by atoms with Gasteiger partial charge < -0.3 is 24.3 Å². The Bertz CT molecular complexity index is 1620. The molecule has 1 fully saturated rings. The minimum absolute atomic E-state index is 0.0135. The van der Waals surface area contributed by atoms with Crippen LogP contribution in [0.2, 0.25) is 0 Å². The van der Waals surface area contributed by atoms with Crippen molar-refractivity contribution in [2.24, 2.45) is 0 Å². The van der Waals surface area contributed by atoms with E-state index < -0.39 is 5.92 Å². The molecule has 3 aliphatic rings. The van der Waals surface area contributed by atoms with Crippen LogP contribution in [0.4, 0.5) is 0 Å². The quantitative estimate of drug-likeness (QED) is 0.252. The summed E-state index contributed by atoms with van der Waals surface area (Å²) in [5.74, 6) is 1.01. The molecular weight excluding hydrogens is 566 g/mol. The van der Waals surface area contributed by atoms with Crippen molar-refractivity contribution in [2.75, 3.05) is 14.2 Å². The van der Waals surface area contributed by atoms with Crippen molar-refractivity contribution in [3.63, 3.8) is 0 Å². The van der Waals surface area contributed by atoms with E-state index in [-0.39, 0.29) is 23.8 Å². The number of rotatable bonds is 9. The lowest BCUT2D eigenvalue weighted by molar-refractivity contribution is -0.146. The molecule has 0 spiro atoms. The third-order valence-electron chi connectivity index (χ3n) is 9.19. The number of methoxy groups -OCH3 is 2. The second kappa shape index (κ2) is 13.6. The van der Waals surface area contributed by atoms with E-state index in [4.69, 9.17) is 18.9 Å². The Labute approximate surface area is 265 Å². The van der Waals surface area contributed by atoms with Crippen molar-refractivity contribution < 1.29 is 28.5 Å². The van der Waals surface area contributed by atoms with E-state index in [0.29, 0.717) is 47.8 Å². The maximum Gasteiger partial charge on any atom is 0.337 e. The number of ether oxygens (including phenoxy) is 4. The fraction of sp³-hybridized carbons (Fsp3) is 0.368. The highest BCUT2D eigenvalue weighted by Gasteiger charge is 2.42. The van der Waals surface area contributed by atoms with Crippen LogP contribution in [-0.4, -0.2) is 32.1 Å². The van der Waals surface area contributed by atoms with Crippen molar-refractivity contribution in [2.45, 2.75) is 76.4 Å². The van der Waals surface area contributed by atoms with E-state index in [2.05, 4.69) is 5.32 Å². The molecule has 1 saturated carbocycles. The maximum atomic E-state index is 14.2. The Hall–Kier alpha value is -4.52. The first-order valence-corrected chi connectivity index (χ1v) is 15.9. The Morgan fingerprint density at radius 1 is 0.844 bits per heavy atom. The number of carbonyl (C=O) groups excluding carboxylic acids is 2. The summed E-state index contributed by atoms with van der Waals surface area (Å²) in [5, 5.41) is 3.48. The molecule has 3 aromatic carbocycles.